The zero-order valence-corrected chi connectivity index (χ0v) is 19.0. The van der Waals surface area contributed by atoms with Gasteiger partial charge in [-0.2, -0.15) is 4.40 Å². The summed E-state index contributed by atoms with van der Waals surface area (Å²) in [5.41, 5.74) is 1.80. The summed E-state index contributed by atoms with van der Waals surface area (Å²) in [6.45, 7) is 1.39. The van der Waals surface area contributed by atoms with Crippen LogP contribution in [0.25, 0.3) is 0 Å². The van der Waals surface area contributed by atoms with E-state index in [9.17, 15) is 13.2 Å². The van der Waals surface area contributed by atoms with Gasteiger partial charge in [-0.25, -0.2) is 8.42 Å². The number of hydrogen-bond donors (Lipinski definition) is 0. The van der Waals surface area contributed by atoms with Crippen molar-refractivity contribution in [2.24, 2.45) is 4.40 Å². The molecule has 1 amide bonds. The number of rotatable bonds is 1. The molecule has 1 aromatic rings. The van der Waals surface area contributed by atoms with E-state index in [4.69, 9.17) is 9.47 Å². The van der Waals surface area contributed by atoms with E-state index < -0.39 is 16.1 Å². The largest absolute Gasteiger partial charge is 0.493 e. The molecule has 1 atom stereocenters. The van der Waals surface area contributed by atoms with Crippen LogP contribution < -0.4 is 4.74 Å². The van der Waals surface area contributed by atoms with E-state index in [1.165, 1.54) is 5.56 Å². The molecule has 0 spiro atoms. The number of nitrogens with zero attached hydrogens (tertiary/aromatic N) is 2. The van der Waals surface area contributed by atoms with Crippen molar-refractivity contribution in [3.63, 3.8) is 0 Å². The lowest BCUT2D eigenvalue weighted by Gasteiger charge is -2.38. The zero-order chi connectivity index (χ0) is 21.8. The van der Waals surface area contributed by atoms with E-state index in [0.29, 0.717) is 57.1 Å². The lowest BCUT2D eigenvalue weighted by atomic mass is 9.82. The van der Waals surface area contributed by atoms with Crippen molar-refractivity contribution in [3.05, 3.63) is 29.8 Å². The standard InChI is InChI=1S/C23H32N2O5S/c1-31(27,28)24-20-7-4-14-25-21(20)16-30-18-12-10-17(11-13-18)19-6-2-3-8-22(19)29-15-5-9-23(25)26/h2-3,6,8,17-18,21H,4-5,7,9-16H2,1H3/b24-20+/t17?,18?,21-/m0/s1. The molecule has 4 aliphatic rings. The van der Waals surface area contributed by atoms with Crippen molar-refractivity contribution in [1.29, 1.82) is 0 Å². The number of benzene rings is 1. The molecule has 5 rings (SSSR count). The number of fused-ring (bicyclic) bond motifs is 7. The summed E-state index contributed by atoms with van der Waals surface area (Å²) in [5, 5.41) is 0. The highest BCUT2D eigenvalue weighted by Gasteiger charge is 2.34. The van der Waals surface area contributed by atoms with E-state index in [1.54, 1.807) is 4.90 Å². The Labute approximate surface area is 184 Å². The van der Waals surface area contributed by atoms with Crippen LogP contribution in [0.5, 0.6) is 5.75 Å². The predicted octanol–water partition coefficient (Wildman–Crippen LogP) is 3.29. The van der Waals surface area contributed by atoms with Crippen LogP contribution in [0.1, 0.15) is 62.8 Å². The topological polar surface area (TPSA) is 85.3 Å². The summed E-state index contributed by atoms with van der Waals surface area (Å²) < 4.78 is 40.0. The second-order valence-electron chi connectivity index (χ2n) is 8.82. The van der Waals surface area contributed by atoms with Crippen LogP contribution in [0.3, 0.4) is 0 Å². The Morgan fingerprint density at radius 2 is 1.84 bits per heavy atom. The Balaban J connectivity index is 1.57. The first-order valence-electron chi connectivity index (χ1n) is 11.3. The molecule has 0 unspecified atom stereocenters. The van der Waals surface area contributed by atoms with Gasteiger partial charge in [0.15, 0.2) is 0 Å². The summed E-state index contributed by atoms with van der Waals surface area (Å²) in [6.07, 6.45) is 7.43. The number of amides is 1. The lowest BCUT2D eigenvalue weighted by molar-refractivity contribution is -0.134. The monoisotopic (exact) mass is 448 g/mol. The average molecular weight is 449 g/mol. The molecule has 2 bridgehead atoms. The minimum Gasteiger partial charge on any atom is -0.493 e. The molecule has 170 valence electrons. The van der Waals surface area contributed by atoms with Crippen molar-refractivity contribution in [1.82, 2.24) is 4.90 Å². The highest BCUT2D eigenvalue weighted by molar-refractivity contribution is 7.89. The molecule has 3 heterocycles. The van der Waals surface area contributed by atoms with Crippen LogP contribution in [0.2, 0.25) is 0 Å². The minimum atomic E-state index is -3.53. The maximum absolute atomic E-state index is 13.0. The molecular weight excluding hydrogens is 416 g/mol. The van der Waals surface area contributed by atoms with Crippen molar-refractivity contribution < 1.29 is 22.7 Å². The van der Waals surface area contributed by atoms with Gasteiger partial charge in [0, 0.05) is 13.0 Å². The molecule has 7 nitrogen and oxygen atoms in total. The van der Waals surface area contributed by atoms with Gasteiger partial charge in [0.25, 0.3) is 0 Å². The normalized spacial score (nSPS) is 29.5. The maximum atomic E-state index is 13.0. The Kier molecular flexibility index (Phi) is 6.96. The molecule has 0 aromatic heterocycles. The van der Waals surface area contributed by atoms with Gasteiger partial charge in [-0.15, -0.1) is 0 Å². The second kappa shape index (κ2) is 9.69. The summed E-state index contributed by atoms with van der Waals surface area (Å²) in [5.74, 6) is 1.38. The first-order chi connectivity index (χ1) is 14.9. The van der Waals surface area contributed by atoms with Crippen molar-refractivity contribution in [2.45, 2.75) is 69.4 Å². The number of carbonyl (C=O) groups is 1. The van der Waals surface area contributed by atoms with Gasteiger partial charge in [0.05, 0.1) is 37.3 Å². The van der Waals surface area contributed by atoms with Gasteiger partial charge in [-0.3, -0.25) is 4.79 Å². The van der Waals surface area contributed by atoms with Crippen molar-refractivity contribution >= 4 is 21.6 Å². The Hall–Kier alpha value is -1.93. The highest BCUT2D eigenvalue weighted by atomic mass is 32.2. The molecule has 1 aromatic carbocycles. The van der Waals surface area contributed by atoms with Crippen LogP contribution in [0, 0.1) is 0 Å². The molecule has 2 fully saturated rings. The predicted molar refractivity (Wildman–Crippen MR) is 119 cm³/mol. The van der Waals surface area contributed by atoms with Crippen LogP contribution in [0.15, 0.2) is 28.7 Å². The third-order valence-electron chi connectivity index (χ3n) is 6.51. The smallest absolute Gasteiger partial charge is 0.250 e. The second-order valence-corrected chi connectivity index (χ2v) is 10.5. The molecule has 31 heavy (non-hydrogen) atoms. The lowest BCUT2D eigenvalue weighted by Crippen LogP contribution is -2.52. The third-order valence-corrected chi connectivity index (χ3v) is 7.08. The van der Waals surface area contributed by atoms with E-state index in [1.807, 2.05) is 12.1 Å². The molecule has 1 aliphatic carbocycles. The summed E-state index contributed by atoms with van der Waals surface area (Å²) in [7, 11) is -3.53. The number of sulfonamides is 1. The summed E-state index contributed by atoms with van der Waals surface area (Å²) in [4.78, 5) is 14.8. The zero-order valence-electron chi connectivity index (χ0n) is 18.2. The van der Waals surface area contributed by atoms with Gasteiger partial charge < -0.3 is 14.4 Å². The highest BCUT2D eigenvalue weighted by Crippen LogP contribution is 2.38. The molecule has 0 radical (unpaired) electrons. The summed E-state index contributed by atoms with van der Waals surface area (Å²) in [6, 6.07) is 7.82. The number of piperidine rings is 1. The third kappa shape index (κ3) is 5.66. The SMILES string of the molecule is CS(=O)(=O)/N=C1\CCCN2C(=O)CCCOc3ccccc3C3CCC(CC3)OC[C@@H]12. The van der Waals surface area contributed by atoms with Crippen LogP contribution >= 0.6 is 0 Å². The number of carbonyl (C=O) groups excluding carboxylic acids is 1. The number of para-hydroxylation sites is 1. The fraction of sp³-hybridized carbons (Fsp3) is 0.652. The van der Waals surface area contributed by atoms with Crippen molar-refractivity contribution in [2.75, 3.05) is 26.0 Å². The van der Waals surface area contributed by atoms with Gasteiger partial charge in [-0.1, -0.05) is 18.2 Å². The fourth-order valence-electron chi connectivity index (χ4n) is 5.00. The Bertz CT molecular complexity index is 922. The van der Waals surface area contributed by atoms with Gasteiger partial charge in [0.2, 0.25) is 15.9 Å². The molecular formula is C23H32N2O5S. The first-order valence-corrected chi connectivity index (χ1v) is 13.2. The molecule has 8 heteroatoms. The van der Waals surface area contributed by atoms with E-state index >= 15 is 0 Å². The first kappa shape index (κ1) is 22.3. The quantitative estimate of drug-likeness (QED) is 0.658. The van der Waals surface area contributed by atoms with E-state index in [2.05, 4.69) is 16.5 Å². The van der Waals surface area contributed by atoms with Gasteiger partial charge in [-0.05, 0) is 62.5 Å². The number of hydrogen-bond acceptors (Lipinski definition) is 5. The fourth-order valence-corrected chi connectivity index (χ4v) is 5.64. The molecule has 0 N–H and O–H groups in total. The maximum Gasteiger partial charge on any atom is 0.250 e. The van der Waals surface area contributed by atoms with E-state index in [-0.39, 0.29) is 12.0 Å². The van der Waals surface area contributed by atoms with Gasteiger partial charge in [0.1, 0.15) is 5.75 Å². The Morgan fingerprint density at radius 3 is 2.61 bits per heavy atom. The Morgan fingerprint density at radius 1 is 1.06 bits per heavy atom. The molecule has 3 aliphatic heterocycles. The average Bonchev–Trinajstić information content (AvgIpc) is 2.75. The van der Waals surface area contributed by atoms with Crippen LogP contribution in [-0.4, -0.2) is 63.1 Å². The number of ether oxygens (including phenoxy) is 2. The van der Waals surface area contributed by atoms with E-state index in [0.717, 1.165) is 37.7 Å². The minimum absolute atomic E-state index is 0.00514. The van der Waals surface area contributed by atoms with Crippen LogP contribution in [-0.2, 0) is 19.6 Å². The van der Waals surface area contributed by atoms with Crippen LogP contribution in [0.4, 0.5) is 0 Å². The summed E-state index contributed by atoms with van der Waals surface area (Å²) >= 11 is 0. The molecule has 1 saturated heterocycles. The van der Waals surface area contributed by atoms with Gasteiger partial charge >= 0.3 is 0 Å². The molecule has 1 saturated carbocycles. The van der Waals surface area contributed by atoms with Crippen molar-refractivity contribution in [3.8, 4) is 5.75 Å².